The van der Waals surface area contributed by atoms with E-state index in [1.165, 1.54) is 0 Å². The lowest BCUT2D eigenvalue weighted by Crippen LogP contribution is -2.24. The van der Waals surface area contributed by atoms with Gasteiger partial charge in [-0.25, -0.2) is 8.42 Å². The molecule has 1 aromatic rings. The number of sulfone groups is 1. The molecular formula is C14H18N2O2S. The standard InChI is InChI=1S/C14H18N2O2S/c15-9-12-5-3-4-11-8-13(19(17,18)14(11)12)10-16-6-1-2-7-16/h3-5,8H,1-2,6-7,9-10,15H2. The van der Waals surface area contributed by atoms with Crippen LogP contribution in [-0.4, -0.2) is 33.0 Å². The Balaban J connectivity index is 1.98. The van der Waals surface area contributed by atoms with E-state index in [4.69, 9.17) is 5.73 Å². The second-order valence-corrected chi connectivity index (χ2v) is 7.08. The van der Waals surface area contributed by atoms with Gasteiger partial charge in [-0.05, 0) is 43.1 Å². The van der Waals surface area contributed by atoms with Crippen LogP contribution >= 0.6 is 0 Å². The molecule has 0 amide bonds. The summed E-state index contributed by atoms with van der Waals surface area (Å²) in [6, 6.07) is 5.51. The van der Waals surface area contributed by atoms with Crippen molar-refractivity contribution >= 4 is 15.9 Å². The Labute approximate surface area is 113 Å². The fourth-order valence-corrected chi connectivity index (χ4v) is 4.71. The van der Waals surface area contributed by atoms with E-state index in [0.717, 1.165) is 31.5 Å². The SMILES string of the molecule is NCc1cccc2c1S(=O)(=O)C(CN1CCCC1)=C2. The van der Waals surface area contributed by atoms with Crippen molar-refractivity contribution in [3.05, 3.63) is 34.2 Å². The van der Waals surface area contributed by atoms with Crippen LogP contribution in [0.3, 0.4) is 0 Å². The minimum Gasteiger partial charge on any atom is -0.326 e. The molecule has 0 bridgehead atoms. The molecule has 0 atom stereocenters. The molecule has 0 unspecified atom stereocenters. The van der Waals surface area contributed by atoms with Gasteiger partial charge >= 0.3 is 0 Å². The minimum atomic E-state index is -3.34. The minimum absolute atomic E-state index is 0.257. The average Bonchev–Trinajstić information content (AvgIpc) is 2.98. The molecule has 0 saturated carbocycles. The van der Waals surface area contributed by atoms with Crippen molar-refractivity contribution in [1.82, 2.24) is 4.90 Å². The molecule has 19 heavy (non-hydrogen) atoms. The van der Waals surface area contributed by atoms with Crippen molar-refractivity contribution in [1.29, 1.82) is 0 Å². The number of likely N-dealkylation sites (tertiary alicyclic amines) is 1. The van der Waals surface area contributed by atoms with Crippen molar-refractivity contribution in [3.8, 4) is 0 Å². The normalized spacial score (nSPS) is 21.4. The van der Waals surface area contributed by atoms with Gasteiger partial charge in [0.05, 0.1) is 9.80 Å². The number of nitrogens with zero attached hydrogens (tertiary/aromatic N) is 1. The first-order chi connectivity index (χ1) is 9.13. The Kier molecular flexibility index (Phi) is 3.20. The molecule has 5 heteroatoms. The van der Waals surface area contributed by atoms with Gasteiger partial charge in [0, 0.05) is 13.1 Å². The highest BCUT2D eigenvalue weighted by atomic mass is 32.2. The van der Waals surface area contributed by atoms with Crippen molar-refractivity contribution < 1.29 is 8.42 Å². The molecule has 2 heterocycles. The van der Waals surface area contributed by atoms with E-state index in [-0.39, 0.29) is 6.54 Å². The highest BCUT2D eigenvalue weighted by molar-refractivity contribution is 7.96. The average molecular weight is 278 g/mol. The highest BCUT2D eigenvalue weighted by Crippen LogP contribution is 2.35. The van der Waals surface area contributed by atoms with Gasteiger partial charge in [0.25, 0.3) is 0 Å². The summed E-state index contributed by atoms with van der Waals surface area (Å²) in [5, 5.41) is 0. The second-order valence-electron chi connectivity index (χ2n) is 5.14. The number of fused-ring (bicyclic) bond motifs is 1. The third-order valence-electron chi connectivity index (χ3n) is 3.86. The third kappa shape index (κ3) is 2.12. The molecule has 0 aromatic heterocycles. The largest absolute Gasteiger partial charge is 0.326 e. The number of rotatable bonds is 3. The maximum atomic E-state index is 12.6. The van der Waals surface area contributed by atoms with Crippen molar-refractivity contribution in [3.63, 3.8) is 0 Å². The van der Waals surface area contributed by atoms with E-state index in [9.17, 15) is 8.42 Å². The number of hydrogen-bond donors (Lipinski definition) is 1. The molecule has 2 N–H and O–H groups in total. The van der Waals surface area contributed by atoms with E-state index in [0.29, 0.717) is 21.9 Å². The van der Waals surface area contributed by atoms with Crippen molar-refractivity contribution in [2.75, 3.05) is 19.6 Å². The molecule has 1 saturated heterocycles. The molecule has 2 aliphatic rings. The van der Waals surface area contributed by atoms with Gasteiger partial charge in [-0.2, -0.15) is 0 Å². The summed E-state index contributed by atoms with van der Waals surface area (Å²) in [5.74, 6) is 0. The smallest absolute Gasteiger partial charge is 0.204 e. The number of benzene rings is 1. The van der Waals surface area contributed by atoms with E-state index < -0.39 is 9.84 Å². The van der Waals surface area contributed by atoms with Gasteiger partial charge in [0.15, 0.2) is 0 Å². The lowest BCUT2D eigenvalue weighted by molar-refractivity contribution is 0.374. The maximum absolute atomic E-state index is 12.6. The van der Waals surface area contributed by atoms with Crippen LogP contribution in [0.1, 0.15) is 24.0 Å². The first kappa shape index (κ1) is 12.8. The molecular weight excluding hydrogens is 260 g/mol. The molecule has 1 aromatic carbocycles. The van der Waals surface area contributed by atoms with Crippen LogP contribution in [0.25, 0.3) is 6.08 Å². The predicted octanol–water partition coefficient (Wildman–Crippen LogP) is 1.37. The zero-order valence-electron chi connectivity index (χ0n) is 10.8. The van der Waals surface area contributed by atoms with Crippen LogP contribution < -0.4 is 5.73 Å². The van der Waals surface area contributed by atoms with E-state index >= 15 is 0 Å². The quantitative estimate of drug-likeness (QED) is 0.907. The van der Waals surface area contributed by atoms with Gasteiger partial charge in [0.2, 0.25) is 9.84 Å². The maximum Gasteiger partial charge on any atom is 0.204 e. The molecule has 102 valence electrons. The Hall–Kier alpha value is -1.17. The molecule has 1 fully saturated rings. The fourth-order valence-electron chi connectivity index (χ4n) is 2.88. The lowest BCUT2D eigenvalue weighted by Gasteiger charge is -2.15. The Morgan fingerprint density at radius 3 is 2.63 bits per heavy atom. The highest BCUT2D eigenvalue weighted by Gasteiger charge is 2.32. The fraction of sp³-hybridized carbons (Fsp3) is 0.429. The third-order valence-corrected chi connectivity index (χ3v) is 5.83. The number of hydrogen-bond acceptors (Lipinski definition) is 4. The van der Waals surface area contributed by atoms with E-state index in [1.54, 1.807) is 6.07 Å². The predicted molar refractivity (Wildman–Crippen MR) is 75.2 cm³/mol. The first-order valence-corrected chi connectivity index (χ1v) is 8.11. The summed E-state index contributed by atoms with van der Waals surface area (Å²) in [6.07, 6.45) is 4.13. The van der Waals surface area contributed by atoms with Crippen molar-refractivity contribution in [2.45, 2.75) is 24.3 Å². The van der Waals surface area contributed by atoms with Crippen molar-refractivity contribution in [2.24, 2.45) is 5.73 Å². The topological polar surface area (TPSA) is 63.4 Å². The summed E-state index contributed by atoms with van der Waals surface area (Å²) < 4.78 is 25.2. The van der Waals surface area contributed by atoms with Crippen LogP contribution in [0.2, 0.25) is 0 Å². The molecule has 0 radical (unpaired) electrons. The van der Waals surface area contributed by atoms with Crippen LogP contribution in [-0.2, 0) is 16.4 Å². The van der Waals surface area contributed by atoms with Gasteiger partial charge in [-0.1, -0.05) is 18.2 Å². The van der Waals surface area contributed by atoms with Gasteiger partial charge in [0.1, 0.15) is 0 Å². The zero-order valence-corrected chi connectivity index (χ0v) is 11.6. The summed E-state index contributed by atoms with van der Waals surface area (Å²) in [4.78, 5) is 3.15. The molecule has 3 rings (SSSR count). The molecule has 2 aliphatic heterocycles. The molecule has 4 nitrogen and oxygen atoms in total. The van der Waals surface area contributed by atoms with Crippen LogP contribution in [0.15, 0.2) is 28.0 Å². The van der Waals surface area contributed by atoms with E-state index in [1.807, 2.05) is 18.2 Å². The summed E-state index contributed by atoms with van der Waals surface area (Å²) in [7, 11) is -3.34. The zero-order chi connectivity index (χ0) is 13.5. The molecule has 0 spiro atoms. The summed E-state index contributed by atoms with van der Waals surface area (Å²) >= 11 is 0. The van der Waals surface area contributed by atoms with Gasteiger partial charge < -0.3 is 5.73 Å². The van der Waals surface area contributed by atoms with Crippen LogP contribution in [0.5, 0.6) is 0 Å². The lowest BCUT2D eigenvalue weighted by atomic mass is 10.1. The first-order valence-electron chi connectivity index (χ1n) is 6.63. The Morgan fingerprint density at radius 2 is 1.95 bits per heavy atom. The van der Waals surface area contributed by atoms with Crippen LogP contribution in [0, 0.1) is 0 Å². The monoisotopic (exact) mass is 278 g/mol. The van der Waals surface area contributed by atoms with E-state index in [2.05, 4.69) is 4.90 Å². The van der Waals surface area contributed by atoms with Gasteiger partial charge in [-0.15, -0.1) is 0 Å². The Morgan fingerprint density at radius 1 is 1.21 bits per heavy atom. The summed E-state index contributed by atoms with van der Waals surface area (Å²) in [6.45, 7) is 2.77. The second kappa shape index (κ2) is 4.74. The molecule has 0 aliphatic carbocycles. The summed E-state index contributed by atoms with van der Waals surface area (Å²) in [5.41, 5.74) is 7.16. The van der Waals surface area contributed by atoms with Crippen LogP contribution in [0.4, 0.5) is 0 Å². The number of nitrogens with two attached hydrogens (primary N) is 1. The van der Waals surface area contributed by atoms with Gasteiger partial charge in [-0.3, -0.25) is 4.90 Å². The Bertz CT molecular complexity index is 629.